The molecule has 0 fully saturated rings. The molecular formula is C12H19ClN2O. The van der Waals surface area contributed by atoms with Gasteiger partial charge in [0, 0.05) is 12.1 Å². The van der Waals surface area contributed by atoms with E-state index in [4.69, 9.17) is 22.2 Å². The van der Waals surface area contributed by atoms with Gasteiger partial charge in [0.1, 0.15) is 0 Å². The number of ether oxygens (including phenoxy) is 1. The van der Waals surface area contributed by atoms with E-state index in [1.54, 1.807) is 7.11 Å². The fourth-order valence-electron chi connectivity index (χ4n) is 1.84. The second-order valence-electron chi connectivity index (χ2n) is 4.14. The van der Waals surface area contributed by atoms with Gasteiger partial charge < -0.3 is 4.74 Å². The number of nitrogens with one attached hydrogen (secondary N) is 1. The molecule has 0 heterocycles. The Morgan fingerprint density at radius 1 is 1.25 bits per heavy atom. The van der Waals surface area contributed by atoms with Gasteiger partial charge in [0.2, 0.25) is 0 Å². The van der Waals surface area contributed by atoms with E-state index in [1.807, 2.05) is 24.3 Å². The van der Waals surface area contributed by atoms with Crippen molar-refractivity contribution in [1.82, 2.24) is 5.43 Å². The molecule has 90 valence electrons. The SMILES string of the molecule is COC(C(C)C)C(NN)c1ccc(Cl)cc1. The Balaban J connectivity index is 2.92. The van der Waals surface area contributed by atoms with Gasteiger partial charge in [-0.3, -0.25) is 11.3 Å². The van der Waals surface area contributed by atoms with Gasteiger partial charge in [-0.1, -0.05) is 37.6 Å². The maximum Gasteiger partial charge on any atom is 0.0801 e. The molecule has 3 N–H and O–H groups in total. The van der Waals surface area contributed by atoms with E-state index in [2.05, 4.69) is 19.3 Å². The topological polar surface area (TPSA) is 47.3 Å². The molecule has 0 aliphatic rings. The fraction of sp³-hybridized carbons (Fsp3) is 0.500. The molecule has 0 saturated carbocycles. The van der Waals surface area contributed by atoms with Gasteiger partial charge >= 0.3 is 0 Å². The minimum Gasteiger partial charge on any atom is -0.379 e. The van der Waals surface area contributed by atoms with E-state index < -0.39 is 0 Å². The molecule has 2 unspecified atom stereocenters. The molecule has 0 bridgehead atoms. The summed E-state index contributed by atoms with van der Waals surface area (Å²) in [6.07, 6.45) is 0.0335. The number of hydrogen-bond acceptors (Lipinski definition) is 3. The highest BCUT2D eigenvalue weighted by molar-refractivity contribution is 6.30. The summed E-state index contributed by atoms with van der Waals surface area (Å²) in [5, 5.41) is 0.720. The van der Waals surface area contributed by atoms with Crippen LogP contribution in [0.25, 0.3) is 0 Å². The summed E-state index contributed by atoms with van der Waals surface area (Å²) in [6, 6.07) is 7.60. The first kappa shape index (κ1) is 13.5. The zero-order valence-electron chi connectivity index (χ0n) is 9.91. The number of methoxy groups -OCH3 is 1. The third kappa shape index (κ3) is 3.19. The van der Waals surface area contributed by atoms with Crippen LogP contribution in [0.3, 0.4) is 0 Å². The highest BCUT2D eigenvalue weighted by atomic mass is 35.5. The van der Waals surface area contributed by atoms with E-state index in [9.17, 15) is 0 Å². The number of hydrazine groups is 1. The Bertz CT molecular complexity index is 313. The lowest BCUT2D eigenvalue weighted by molar-refractivity contribution is 0.0326. The normalized spacial score (nSPS) is 15.1. The number of hydrogen-bond donors (Lipinski definition) is 2. The second kappa shape index (κ2) is 6.21. The smallest absolute Gasteiger partial charge is 0.0801 e. The van der Waals surface area contributed by atoms with Crippen molar-refractivity contribution in [3.8, 4) is 0 Å². The summed E-state index contributed by atoms with van der Waals surface area (Å²) in [4.78, 5) is 0. The predicted octanol–water partition coefficient (Wildman–Crippen LogP) is 2.52. The largest absolute Gasteiger partial charge is 0.379 e. The first-order valence-electron chi connectivity index (χ1n) is 5.34. The highest BCUT2D eigenvalue weighted by Gasteiger charge is 2.24. The Kier molecular flexibility index (Phi) is 5.22. The molecule has 0 radical (unpaired) electrons. The summed E-state index contributed by atoms with van der Waals surface area (Å²) < 4.78 is 5.47. The quantitative estimate of drug-likeness (QED) is 0.616. The zero-order valence-corrected chi connectivity index (χ0v) is 10.7. The molecule has 1 aromatic rings. The molecule has 2 atom stereocenters. The van der Waals surface area contributed by atoms with Crippen molar-refractivity contribution >= 4 is 11.6 Å². The maximum atomic E-state index is 5.85. The predicted molar refractivity (Wildman–Crippen MR) is 67.2 cm³/mol. The molecule has 1 aromatic carbocycles. The zero-order chi connectivity index (χ0) is 12.1. The van der Waals surface area contributed by atoms with Crippen LogP contribution in [0.4, 0.5) is 0 Å². The molecule has 4 heteroatoms. The molecule has 0 aromatic heterocycles. The minimum atomic E-state index is -0.0257. The highest BCUT2D eigenvalue weighted by Crippen LogP contribution is 2.24. The first-order chi connectivity index (χ1) is 7.60. The maximum absolute atomic E-state index is 5.85. The van der Waals surface area contributed by atoms with E-state index in [-0.39, 0.29) is 12.1 Å². The van der Waals surface area contributed by atoms with Gasteiger partial charge in [-0.05, 0) is 23.6 Å². The summed E-state index contributed by atoms with van der Waals surface area (Å²) in [7, 11) is 1.70. The Morgan fingerprint density at radius 3 is 2.19 bits per heavy atom. The Labute approximate surface area is 102 Å². The Morgan fingerprint density at radius 2 is 1.81 bits per heavy atom. The van der Waals surface area contributed by atoms with Crippen molar-refractivity contribution in [3.63, 3.8) is 0 Å². The number of rotatable bonds is 5. The summed E-state index contributed by atoms with van der Waals surface area (Å²) >= 11 is 5.85. The van der Waals surface area contributed by atoms with Crippen LogP contribution in [0.5, 0.6) is 0 Å². The molecule has 0 amide bonds. The summed E-state index contributed by atoms with van der Waals surface area (Å²) in [5.41, 5.74) is 3.88. The molecule has 3 nitrogen and oxygen atoms in total. The summed E-state index contributed by atoms with van der Waals surface area (Å²) in [6.45, 7) is 4.21. The van der Waals surface area contributed by atoms with Crippen molar-refractivity contribution in [2.75, 3.05) is 7.11 Å². The lowest BCUT2D eigenvalue weighted by atomic mass is 9.94. The van der Waals surface area contributed by atoms with Crippen molar-refractivity contribution in [3.05, 3.63) is 34.9 Å². The van der Waals surface area contributed by atoms with Crippen molar-refractivity contribution < 1.29 is 4.74 Å². The Hall–Kier alpha value is -0.610. The van der Waals surface area contributed by atoms with E-state index >= 15 is 0 Å². The van der Waals surface area contributed by atoms with Crippen LogP contribution in [0, 0.1) is 5.92 Å². The lowest BCUT2D eigenvalue weighted by Crippen LogP contribution is -2.40. The van der Waals surface area contributed by atoms with Gasteiger partial charge in [-0.2, -0.15) is 0 Å². The van der Waals surface area contributed by atoms with Crippen LogP contribution in [0.1, 0.15) is 25.5 Å². The van der Waals surface area contributed by atoms with Crippen LogP contribution in [-0.4, -0.2) is 13.2 Å². The third-order valence-corrected chi connectivity index (χ3v) is 2.92. The molecule has 1 rings (SSSR count). The monoisotopic (exact) mass is 242 g/mol. The van der Waals surface area contributed by atoms with Crippen molar-refractivity contribution in [2.45, 2.75) is 26.0 Å². The van der Waals surface area contributed by atoms with Crippen LogP contribution in [0.15, 0.2) is 24.3 Å². The first-order valence-corrected chi connectivity index (χ1v) is 5.72. The van der Waals surface area contributed by atoms with Crippen molar-refractivity contribution in [1.29, 1.82) is 0 Å². The van der Waals surface area contributed by atoms with Gasteiger partial charge in [-0.25, -0.2) is 0 Å². The molecule has 16 heavy (non-hydrogen) atoms. The lowest BCUT2D eigenvalue weighted by Gasteiger charge is -2.28. The standard InChI is InChI=1S/C12H19ClN2O/c1-8(2)12(16-3)11(15-14)9-4-6-10(13)7-5-9/h4-8,11-12,15H,14H2,1-3H3. The van der Waals surface area contributed by atoms with Gasteiger partial charge in [0.05, 0.1) is 12.1 Å². The van der Waals surface area contributed by atoms with E-state index in [0.717, 1.165) is 10.6 Å². The van der Waals surface area contributed by atoms with Crippen LogP contribution in [0.2, 0.25) is 5.02 Å². The van der Waals surface area contributed by atoms with E-state index in [0.29, 0.717) is 5.92 Å². The number of halogens is 1. The average Bonchev–Trinajstić information content (AvgIpc) is 2.26. The molecule has 0 aliphatic heterocycles. The van der Waals surface area contributed by atoms with Crippen LogP contribution in [-0.2, 0) is 4.74 Å². The summed E-state index contributed by atoms with van der Waals surface area (Å²) in [5.74, 6) is 5.97. The molecule has 0 saturated heterocycles. The molecular weight excluding hydrogens is 224 g/mol. The average molecular weight is 243 g/mol. The van der Waals surface area contributed by atoms with Gasteiger partial charge in [0.25, 0.3) is 0 Å². The van der Waals surface area contributed by atoms with Crippen molar-refractivity contribution in [2.24, 2.45) is 11.8 Å². The molecule has 0 aliphatic carbocycles. The number of benzene rings is 1. The minimum absolute atomic E-state index is 0.0257. The van der Waals surface area contributed by atoms with Gasteiger partial charge in [0.15, 0.2) is 0 Å². The van der Waals surface area contributed by atoms with Gasteiger partial charge in [-0.15, -0.1) is 0 Å². The van der Waals surface area contributed by atoms with Crippen LogP contribution >= 0.6 is 11.6 Å². The second-order valence-corrected chi connectivity index (χ2v) is 4.58. The fourth-order valence-corrected chi connectivity index (χ4v) is 1.97. The number of nitrogens with two attached hydrogens (primary N) is 1. The molecule has 0 spiro atoms. The van der Waals surface area contributed by atoms with Crippen LogP contribution < -0.4 is 11.3 Å². The van der Waals surface area contributed by atoms with E-state index in [1.165, 1.54) is 0 Å². The third-order valence-electron chi connectivity index (χ3n) is 2.67.